The minimum absolute atomic E-state index is 0.0174. The maximum absolute atomic E-state index is 13.8. The second-order valence-electron chi connectivity index (χ2n) is 5.37. The van der Waals surface area contributed by atoms with E-state index in [-0.39, 0.29) is 15.9 Å². The van der Waals surface area contributed by atoms with Crippen molar-refractivity contribution in [1.82, 2.24) is 4.90 Å². The average molecular weight is 399 g/mol. The van der Waals surface area contributed by atoms with Crippen LogP contribution in [0.15, 0.2) is 21.5 Å². The van der Waals surface area contributed by atoms with Crippen LogP contribution in [0.5, 0.6) is 0 Å². The maximum Gasteiger partial charge on any atom is 0.262 e. The van der Waals surface area contributed by atoms with Gasteiger partial charge >= 0.3 is 0 Å². The fourth-order valence-electron chi connectivity index (χ4n) is 2.34. The number of carbonyl (C=O) groups is 1. The molecule has 0 radical (unpaired) electrons. The van der Waals surface area contributed by atoms with Gasteiger partial charge in [0.2, 0.25) is 0 Å². The van der Waals surface area contributed by atoms with E-state index in [4.69, 9.17) is 10.7 Å². The molecule has 8 heteroatoms. The Morgan fingerprint density at radius 3 is 2.33 bits per heavy atom. The van der Waals surface area contributed by atoms with Gasteiger partial charge in [-0.25, -0.2) is 12.8 Å². The molecule has 1 fully saturated rings. The van der Waals surface area contributed by atoms with Gasteiger partial charge in [-0.15, -0.1) is 0 Å². The molecule has 2 rings (SSSR count). The molecule has 1 aromatic carbocycles. The van der Waals surface area contributed by atoms with E-state index >= 15 is 0 Å². The van der Waals surface area contributed by atoms with Gasteiger partial charge < -0.3 is 4.90 Å². The first kappa shape index (κ1) is 16.7. The third-order valence-electron chi connectivity index (χ3n) is 3.78. The van der Waals surface area contributed by atoms with Crippen LogP contribution in [0.4, 0.5) is 4.39 Å². The first-order valence-corrected chi connectivity index (χ1v) is 9.44. The number of likely N-dealkylation sites (tertiary alicyclic amines) is 1. The van der Waals surface area contributed by atoms with Crippen LogP contribution in [0.3, 0.4) is 0 Å². The lowest BCUT2D eigenvalue weighted by Gasteiger charge is -2.17. The molecule has 116 valence electrons. The first-order chi connectivity index (χ1) is 9.61. The number of halogens is 3. The highest BCUT2D eigenvalue weighted by Gasteiger charge is 2.31. The van der Waals surface area contributed by atoms with Gasteiger partial charge in [0, 0.05) is 29.3 Å². The predicted octanol–water partition coefficient (Wildman–Crippen LogP) is 3.24. The molecule has 0 aliphatic carbocycles. The Hall–Kier alpha value is -0.660. The summed E-state index contributed by atoms with van der Waals surface area (Å²) < 4.78 is 36.5. The van der Waals surface area contributed by atoms with Gasteiger partial charge in [0.25, 0.3) is 15.0 Å². The van der Waals surface area contributed by atoms with Crippen LogP contribution in [0.1, 0.15) is 24.2 Å². The van der Waals surface area contributed by atoms with Crippen LogP contribution in [-0.4, -0.2) is 32.3 Å². The molecule has 0 saturated carbocycles. The average Bonchev–Trinajstić information content (AvgIpc) is 2.70. The van der Waals surface area contributed by atoms with E-state index < -0.39 is 19.8 Å². The third-order valence-corrected chi connectivity index (χ3v) is 6.19. The Bertz CT molecular complexity index is 685. The largest absolute Gasteiger partial charge is 0.338 e. The minimum atomic E-state index is -4.14. The summed E-state index contributed by atoms with van der Waals surface area (Å²) in [5.74, 6) is -0.518. The van der Waals surface area contributed by atoms with E-state index in [2.05, 4.69) is 15.9 Å². The van der Waals surface area contributed by atoms with Crippen molar-refractivity contribution >= 4 is 41.6 Å². The quantitative estimate of drug-likeness (QED) is 0.719. The zero-order valence-electron chi connectivity index (χ0n) is 11.4. The number of benzene rings is 1. The van der Waals surface area contributed by atoms with Crippen molar-refractivity contribution in [2.75, 3.05) is 13.1 Å². The highest BCUT2D eigenvalue weighted by molar-refractivity contribution is 9.10. The van der Waals surface area contributed by atoms with Gasteiger partial charge in [0.15, 0.2) is 0 Å². The van der Waals surface area contributed by atoms with Crippen LogP contribution < -0.4 is 0 Å². The lowest BCUT2D eigenvalue weighted by atomic mass is 10.0. The second-order valence-corrected chi connectivity index (χ2v) is 8.70. The van der Waals surface area contributed by atoms with Crippen LogP contribution >= 0.6 is 26.6 Å². The van der Waals surface area contributed by atoms with Crippen molar-refractivity contribution in [3.63, 3.8) is 0 Å². The minimum Gasteiger partial charge on any atom is -0.338 e. The maximum atomic E-state index is 13.8. The standard InChI is InChI=1S/C13H14BrClFNO3S/c1-7-5-17(6-8(7)2)13(18)9-3-10(16)12(14)11(4-9)21(15,19)20/h3-4,7-8H,5-6H2,1-2H3. The zero-order valence-corrected chi connectivity index (χ0v) is 14.6. The van der Waals surface area contributed by atoms with Gasteiger partial charge in [-0.2, -0.15) is 0 Å². The van der Waals surface area contributed by atoms with Crippen molar-refractivity contribution in [3.05, 3.63) is 28.0 Å². The molecule has 0 spiro atoms. The molecule has 1 aliphatic rings. The monoisotopic (exact) mass is 397 g/mol. The van der Waals surface area contributed by atoms with E-state index in [1.165, 1.54) is 0 Å². The summed E-state index contributed by atoms with van der Waals surface area (Å²) >= 11 is 2.84. The molecule has 1 amide bonds. The van der Waals surface area contributed by atoms with Crippen LogP contribution in [-0.2, 0) is 9.05 Å². The molecule has 1 heterocycles. The summed E-state index contributed by atoms with van der Waals surface area (Å²) in [5.41, 5.74) is -0.0174. The van der Waals surface area contributed by atoms with Crippen molar-refractivity contribution in [2.45, 2.75) is 18.7 Å². The van der Waals surface area contributed by atoms with E-state index in [1.807, 2.05) is 13.8 Å². The first-order valence-electron chi connectivity index (χ1n) is 6.34. The molecule has 0 aromatic heterocycles. The normalized spacial score (nSPS) is 22.6. The number of amides is 1. The summed E-state index contributed by atoms with van der Waals surface area (Å²) in [4.78, 5) is 13.5. The molecule has 1 saturated heterocycles. The molecular formula is C13H14BrClFNO3S. The molecule has 21 heavy (non-hydrogen) atoms. The molecule has 1 aliphatic heterocycles. The fraction of sp³-hybridized carbons (Fsp3) is 0.462. The smallest absolute Gasteiger partial charge is 0.262 e. The van der Waals surface area contributed by atoms with Gasteiger partial charge in [-0.05, 0) is 39.9 Å². The Balaban J connectivity index is 2.42. The number of rotatable bonds is 2. The van der Waals surface area contributed by atoms with Crippen LogP contribution in [0, 0.1) is 17.7 Å². The number of carbonyl (C=O) groups excluding carboxylic acids is 1. The van der Waals surface area contributed by atoms with E-state index in [0.29, 0.717) is 24.9 Å². The molecule has 2 atom stereocenters. The molecular weight excluding hydrogens is 385 g/mol. The lowest BCUT2D eigenvalue weighted by Crippen LogP contribution is -2.29. The van der Waals surface area contributed by atoms with Crippen LogP contribution in [0.2, 0.25) is 0 Å². The predicted molar refractivity (Wildman–Crippen MR) is 81.4 cm³/mol. The van der Waals surface area contributed by atoms with Gasteiger partial charge in [-0.1, -0.05) is 13.8 Å². The molecule has 2 unspecified atom stereocenters. The van der Waals surface area contributed by atoms with Crippen molar-refractivity contribution in [1.29, 1.82) is 0 Å². The summed E-state index contributed by atoms with van der Waals surface area (Å²) in [6, 6.07) is 2.12. The zero-order chi connectivity index (χ0) is 15.9. The van der Waals surface area contributed by atoms with Crippen molar-refractivity contribution in [3.8, 4) is 0 Å². The molecule has 4 nitrogen and oxygen atoms in total. The van der Waals surface area contributed by atoms with Gasteiger partial charge in [0.05, 0.1) is 4.47 Å². The summed E-state index contributed by atoms with van der Waals surface area (Å²) in [5, 5.41) is 0. The van der Waals surface area contributed by atoms with Crippen molar-refractivity contribution < 1.29 is 17.6 Å². The number of nitrogens with zero attached hydrogens (tertiary/aromatic N) is 1. The van der Waals surface area contributed by atoms with E-state index in [9.17, 15) is 17.6 Å². The summed E-state index contributed by atoms with van der Waals surface area (Å²) in [7, 11) is 1.13. The number of hydrogen-bond donors (Lipinski definition) is 0. The van der Waals surface area contributed by atoms with Gasteiger partial charge in [0.1, 0.15) is 10.7 Å². The summed E-state index contributed by atoms with van der Waals surface area (Å²) in [6.45, 7) is 5.21. The van der Waals surface area contributed by atoms with Crippen LogP contribution in [0.25, 0.3) is 0 Å². The molecule has 0 N–H and O–H groups in total. The summed E-state index contributed by atoms with van der Waals surface area (Å²) in [6.07, 6.45) is 0. The van der Waals surface area contributed by atoms with E-state index in [0.717, 1.165) is 12.1 Å². The fourth-order valence-corrected chi connectivity index (χ4v) is 4.44. The third kappa shape index (κ3) is 3.40. The Labute approximate surface area is 135 Å². The molecule has 0 bridgehead atoms. The Morgan fingerprint density at radius 1 is 1.33 bits per heavy atom. The molecule has 1 aromatic rings. The SMILES string of the molecule is CC1CN(C(=O)c2cc(F)c(Br)c(S(=O)(=O)Cl)c2)CC1C. The Morgan fingerprint density at radius 2 is 1.86 bits per heavy atom. The lowest BCUT2D eigenvalue weighted by molar-refractivity contribution is 0.0784. The topological polar surface area (TPSA) is 54.5 Å². The van der Waals surface area contributed by atoms with E-state index in [1.54, 1.807) is 4.90 Å². The van der Waals surface area contributed by atoms with Crippen molar-refractivity contribution in [2.24, 2.45) is 11.8 Å². The Kier molecular flexibility index (Phi) is 4.66. The highest BCUT2D eigenvalue weighted by atomic mass is 79.9. The van der Waals surface area contributed by atoms with Gasteiger partial charge in [-0.3, -0.25) is 4.79 Å². The highest BCUT2D eigenvalue weighted by Crippen LogP contribution is 2.31. The number of hydrogen-bond acceptors (Lipinski definition) is 3. The second kappa shape index (κ2) is 5.85.